The van der Waals surface area contributed by atoms with Crippen molar-refractivity contribution < 1.29 is 14.1 Å². The van der Waals surface area contributed by atoms with Gasteiger partial charge in [-0.15, -0.1) is 0 Å². The van der Waals surface area contributed by atoms with Gasteiger partial charge in [-0.3, -0.25) is 14.7 Å². The molecule has 0 bridgehead atoms. The van der Waals surface area contributed by atoms with E-state index in [1.165, 1.54) is 0 Å². The van der Waals surface area contributed by atoms with Gasteiger partial charge in [0, 0.05) is 24.2 Å². The Morgan fingerprint density at radius 3 is 2.72 bits per heavy atom. The quantitative estimate of drug-likeness (QED) is 0.625. The second-order valence-electron chi connectivity index (χ2n) is 7.17. The maximum absolute atomic E-state index is 11.8. The second kappa shape index (κ2) is 8.83. The van der Waals surface area contributed by atoms with E-state index in [4.69, 9.17) is 15.0 Å². The van der Waals surface area contributed by atoms with Crippen LogP contribution in [0, 0.1) is 0 Å². The smallest absolute Gasteiger partial charge is 0.250 e. The summed E-state index contributed by atoms with van der Waals surface area (Å²) in [5, 5.41) is 4.00. The Labute approximate surface area is 169 Å². The molecule has 0 aliphatic heterocycles. The van der Waals surface area contributed by atoms with Crippen molar-refractivity contribution in [3.63, 3.8) is 0 Å². The summed E-state index contributed by atoms with van der Waals surface area (Å²) in [5.41, 5.74) is 8.11. The molecule has 0 aliphatic rings. The van der Waals surface area contributed by atoms with Crippen LogP contribution in [0.15, 0.2) is 41.1 Å². The molecule has 0 saturated carbocycles. The number of pyridine rings is 1. The van der Waals surface area contributed by atoms with Gasteiger partial charge < -0.3 is 15.0 Å². The summed E-state index contributed by atoms with van der Waals surface area (Å²) in [4.78, 5) is 22.7. The molecule has 152 valence electrons. The van der Waals surface area contributed by atoms with Crippen molar-refractivity contribution >= 4 is 5.91 Å². The minimum absolute atomic E-state index is 0.222. The summed E-state index contributed by atoms with van der Waals surface area (Å²) in [7, 11) is 3.55. The third-order valence-electron chi connectivity index (χ3n) is 4.45. The lowest BCUT2D eigenvalue weighted by atomic mass is 10.0. The predicted octanol–water partition coefficient (Wildman–Crippen LogP) is 2.99. The Hall–Kier alpha value is -3.26. The largest absolute Gasteiger partial charge is 0.496 e. The van der Waals surface area contributed by atoms with Crippen molar-refractivity contribution in [3.8, 4) is 17.0 Å². The monoisotopic (exact) mass is 395 g/mol. The van der Waals surface area contributed by atoms with Gasteiger partial charge in [-0.1, -0.05) is 25.1 Å². The molecular formula is C21H25N5O3. The molecule has 29 heavy (non-hydrogen) atoms. The van der Waals surface area contributed by atoms with E-state index in [1.54, 1.807) is 25.4 Å². The molecule has 1 amide bonds. The molecular weight excluding hydrogens is 370 g/mol. The highest BCUT2D eigenvalue weighted by atomic mass is 16.5. The summed E-state index contributed by atoms with van der Waals surface area (Å²) >= 11 is 0. The van der Waals surface area contributed by atoms with Crippen molar-refractivity contribution in [1.82, 2.24) is 20.0 Å². The number of primary amides is 1. The Kier molecular flexibility index (Phi) is 6.23. The number of hydrogen-bond acceptors (Lipinski definition) is 7. The zero-order valence-electron chi connectivity index (χ0n) is 17.0. The highest BCUT2D eigenvalue weighted by molar-refractivity contribution is 5.99. The lowest BCUT2D eigenvalue weighted by molar-refractivity contribution is 0.100. The molecule has 0 unspecified atom stereocenters. The maximum atomic E-state index is 11.8. The number of amides is 1. The van der Waals surface area contributed by atoms with Gasteiger partial charge in [-0.05, 0) is 36.9 Å². The first kappa shape index (κ1) is 20.5. The fraction of sp³-hybridized carbons (Fsp3) is 0.333. The lowest BCUT2D eigenvalue weighted by Gasteiger charge is -2.17. The van der Waals surface area contributed by atoms with E-state index in [-0.39, 0.29) is 5.92 Å². The predicted molar refractivity (Wildman–Crippen MR) is 108 cm³/mol. The van der Waals surface area contributed by atoms with Crippen LogP contribution in [0.1, 0.15) is 47.4 Å². The number of nitrogens with two attached hydrogens (primary N) is 1. The number of nitrogens with zero attached hydrogens (tertiary/aromatic N) is 4. The number of carbonyl (C=O) groups excluding carboxylic acids is 1. The first-order chi connectivity index (χ1) is 13.9. The van der Waals surface area contributed by atoms with Crippen molar-refractivity contribution in [3.05, 3.63) is 59.4 Å². The molecule has 8 heteroatoms. The third-order valence-corrected chi connectivity index (χ3v) is 4.45. The van der Waals surface area contributed by atoms with Gasteiger partial charge in [-0.2, -0.15) is 4.98 Å². The van der Waals surface area contributed by atoms with Gasteiger partial charge >= 0.3 is 0 Å². The maximum Gasteiger partial charge on any atom is 0.250 e. The fourth-order valence-electron chi connectivity index (χ4n) is 3.02. The Bertz CT molecular complexity index is 999. The van der Waals surface area contributed by atoms with Crippen LogP contribution in [0.25, 0.3) is 11.3 Å². The molecule has 0 saturated heterocycles. The van der Waals surface area contributed by atoms with Crippen molar-refractivity contribution in [2.45, 2.75) is 32.9 Å². The molecule has 0 fully saturated rings. The topological polar surface area (TPSA) is 107 Å². The highest BCUT2D eigenvalue weighted by Crippen LogP contribution is 2.32. The normalized spacial score (nSPS) is 11.2. The molecule has 2 aromatic heterocycles. The fourth-order valence-corrected chi connectivity index (χ4v) is 3.02. The summed E-state index contributed by atoms with van der Waals surface area (Å²) < 4.78 is 10.8. The van der Waals surface area contributed by atoms with Gasteiger partial charge in [0.05, 0.1) is 24.9 Å². The van der Waals surface area contributed by atoms with Crippen LogP contribution in [0.5, 0.6) is 5.75 Å². The molecule has 0 radical (unpaired) electrons. The van der Waals surface area contributed by atoms with E-state index in [2.05, 4.69) is 20.0 Å². The van der Waals surface area contributed by atoms with E-state index >= 15 is 0 Å². The van der Waals surface area contributed by atoms with E-state index in [0.29, 0.717) is 47.4 Å². The van der Waals surface area contributed by atoms with Crippen LogP contribution < -0.4 is 10.5 Å². The zero-order chi connectivity index (χ0) is 21.0. The first-order valence-corrected chi connectivity index (χ1v) is 9.32. The van der Waals surface area contributed by atoms with E-state index in [1.807, 2.05) is 39.1 Å². The zero-order valence-corrected chi connectivity index (χ0v) is 17.0. The van der Waals surface area contributed by atoms with Gasteiger partial charge in [0.15, 0.2) is 5.82 Å². The average Bonchev–Trinajstić information content (AvgIpc) is 3.16. The molecule has 0 aliphatic carbocycles. The van der Waals surface area contributed by atoms with Gasteiger partial charge in [0.2, 0.25) is 5.89 Å². The molecule has 0 atom stereocenters. The third kappa shape index (κ3) is 4.78. The highest BCUT2D eigenvalue weighted by Gasteiger charge is 2.17. The molecule has 1 aromatic carbocycles. The molecule has 2 N–H and O–H groups in total. The van der Waals surface area contributed by atoms with E-state index in [0.717, 1.165) is 5.56 Å². The van der Waals surface area contributed by atoms with Crippen LogP contribution >= 0.6 is 0 Å². The Morgan fingerprint density at radius 2 is 2.07 bits per heavy atom. The number of methoxy groups -OCH3 is 1. The van der Waals surface area contributed by atoms with Gasteiger partial charge in [0.25, 0.3) is 5.91 Å². The minimum atomic E-state index is -0.532. The number of ether oxygens (including phenoxy) is 1. The number of hydrogen-bond donors (Lipinski definition) is 1. The molecule has 3 rings (SSSR count). The molecule has 0 spiro atoms. The SMILES string of the molecule is COc1ccc(CN(C)Cc2nc(C(C)C)no2)cc1-c1ncccc1C(N)=O. The van der Waals surface area contributed by atoms with Crippen molar-refractivity contribution in [2.75, 3.05) is 14.2 Å². The van der Waals surface area contributed by atoms with Crippen LogP contribution in [-0.4, -0.2) is 40.1 Å². The summed E-state index contributed by atoms with van der Waals surface area (Å²) in [5.74, 6) is 1.59. The first-order valence-electron chi connectivity index (χ1n) is 9.32. The van der Waals surface area contributed by atoms with E-state index in [9.17, 15) is 4.79 Å². The Morgan fingerprint density at radius 1 is 1.28 bits per heavy atom. The standard InChI is InChI=1S/C21H25N5O3/c1-13(2)21-24-18(29-25-21)12-26(3)11-14-7-8-17(28-4)16(10-14)19-15(20(22)27)6-5-9-23-19/h5-10,13H,11-12H2,1-4H3,(H2,22,27). The molecule has 3 aromatic rings. The summed E-state index contributed by atoms with van der Waals surface area (Å²) in [6.07, 6.45) is 1.63. The lowest BCUT2D eigenvalue weighted by Crippen LogP contribution is -2.18. The summed E-state index contributed by atoms with van der Waals surface area (Å²) in [6, 6.07) is 9.13. The van der Waals surface area contributed by atoms with Crippen molar-refractivity contribution in [1.29, 1.82) is 0 Å². The summed E-state index contributed by atoms with van der Waals surface area (Å²) in [6.45, 7) is 5.21. The molecule has 8 nitrogen and oxygen atoms in total. The van der Waals surface area contributed by atoms with E-state index < -0.39 is 5.91 Å². The molecule has 2 heterocycles. The Balaban J connectivity index is 1.84. The number of aromatic nitrogens is 3. The number of carbonyl (C=O) groups is 1. The number of benzene rings is 1. The van der Waals surface area contributed by atoms with Gasteiger partial charge in [-0.25, -0.2) is 0 Å². The second-order valence-corrected chi connectivity index (χ2v) is 7.17. The van der Waals surface area contributed by atoms with Crippen LogP contribution in [0.4, 0.5) is 0 Å². The van der Waals surface area contributed by atoms with Crippen molar-refractivity contribution in [2.24, 2.45) is 5.73 Å². The van der Waals surface area contributed by atoms with Gasteiger partial charge in [0.1, 0.15) is 5.75 Å². The van der Waals surface area contributed by atoms with Crippen LogP contribution in [0.2, 0.25) is 0 Å². The van der Waals surface area contributed by atoms with Crippen LogP contribution in [0.3, 0.4) is 0 Å². The number of rotatable bonds is 8. The minimum Gasteiger partial charge on any atom is -0.496 e. The van der Waals surface area contributed by atoms with Crippen LogP contribution in [-0.2, 0) is 13.1 Å². The average molecular weight is 395 g/mol.